The minimum Gasteiger partial charge on any atom is -0.491 e. The van der Waals surface area contributed by atoms with Gasteiger partial charge in [-0.25, -0.2) is 4.99 Å². The van der Waals surface area contributed by atoms with Gasteiger partial charge in [0.1, 0.15) is 29.9 Å². The van der Waals surface area contributed by atoms with Crippen molar-refractivity contribution in [1.29, 1.82) is 0 Å². The van der Waals surface area contributed by atoms with Crippen molar-refractivity contribution < 1.29 is 19.0 Å². The smallest absolute Gasteiger partial charge is 0.251 e. The molecule has 10 heteroatoms. The number of aliphatic imine (C=N–C) groups is 2. The zero-order valence-corrected chi connectivity index (χ0v) is 17.7. The number of nitrogens with zero attached hydrogens (tertiary/aromatic N) is 4. The SMILES string of the molecule is COc1c(OCC2CNCCO2)ccc2c1N=C(c1ncccc1C(N)=O)N1CCN=C21. The number of fused-ring (bicyclic) bond motifs is 3. The highest BCUT2D eigenvalue weighted by Crippen LogP contribution is 2.44. The van der Waals surface area contributed by atoms with E-state index in [1.165, 1.54) is 0 Å². The van der Waals surface area contributed by atoms with E-state index in [2.05, 4.69) is 15.3 Å². The molecule has 3 aliphatic rings. The maximum atomic E-state index is 12.0. The van der Waals surface area contributed by atoms with Crippen LogP contribution in [0.15, 0.2) is 40.4 Å². The third kappa shape index (κ3) is 3.57. The van der Waals surface area contributed by atoms with Crippen LogP contribution in [-0.2, 0) is 4.74 Å². The van der Waals surface area contributed by atoms with Crippen LogP contribution in [0.2, 0.25) is 0 Å². The Kier molecular flexibility index (Phi) is 5.46. The minimum absolute atomic E-state index is 0.0371. The Bertz CT molecular complexity index is 1110. The topological polar surface area (TPSA) is 124 Å². The lowest BCUT2D eigenvalue weighted by Gasteiger charge is -2.29. The molecule has 3 aliphatic heterocycles. The van der Waals surface area contributed by atoms with Gasteiger partial charge in [0.05, 0.1) is 25.8 Å². The summed E-state index contributed by atoms with van der Waals surface area (Å²) in [4.78, 5) is 27.9. The predicted molar refractivity (Wildman–Crippen MR) is 118 cm³/mol. The zero-order valence-electron chi connectivity index (χ0n) is 17.7. The molecule has 1 aromatic carbocycles. The first-order chi connectivity index (χ1) is 15.7. The number of morpholine rings is 1. The Labute approximate surface area is 185 Å². The number of pyridine rings is 1. The number of carbonyl (C=O) groups is 1. The summed E-state index contributed by atoms with van der Waals surface area (Å²) in [6.07, 6.45) is 1.58. The molecule has 3 N–H and O–H groups in total. The van der Waals surface area contributed by atoms with Crippen LogP contribution in [0.25, 0.3) is 0 Å². The fourth-order valence-corrected chi connectivity index (χ4v) is 4.08. The summed E-state index contributed by atoms with van der Waals surface area (Å²) >= 11 is 0. The average Bonchev–Trinajstić information content (AvgIpc) is 3.32. The number of carbonyl (C=O) groups excluding carboxylic acids is 1. The lowest BCUT2D eigenvalue weighted by atomic mass is 10.0. The predicted octanol–water partition coefficient (Wildman–Crippen LogP) is 0.710. The van der Waals surface area contributed by atoms with Crippen molar-refractivity contribution >= 4 is 23.3 Å². The Hall–Kier alpha value is -3.50. The van der Waals surface area contributed by atoms with Crippen LogP contribution >= 0.6 is 0 Å². The van der Waals surface area contributed by atoms with Crippen LogP contribution in [0.1, 0.15) is 21.6 Å². The molecule has 1 saturated heterocycles. The summed E-state index contributed by atoms with van der Waals surface area (Å²) in [6, 6.07) is 7.11. The summed E-state index contributed by atoms with van der Waals surface area (Å²) in [7, 11) is 1.58. The summed E-state index contributed by atoms with van der Waals surface area (Å²) in [5, 5.41) is 3.29. The molecule has 4 heterocycles. The maximum absolute atomic E-state index is 12.0. The van der Waals surface area contributed by atoms with E-state index in [-0.39, 0.29) is 6.10 Å². The van der Waals surface area contributed by atoms with E-state index in [4.69, 9.17) is 24.9 Å². The molecular formula is C22H24N6O4. The van der Waals surface area contributed by atoms with Gasteiger partial charge in [-0.1, -0.05) is 0 Å². The Balaban J connectivity index is 1.57. The summed E-state index contributed by atoms with van der Waals surface area (Å²) < 4.78 is 17.5. The summed E-state index contributed by atoms with van der Waals surface area (Å²) in [5.41, 5.74) is 7.73. The number of amides is 1. The van der Waals surface area contributed by atoms with Crippen molar-refractivity contribution in [3.05, 3.63) is 47.3 Å². The fraction of sp³-hybridized carbons (Fsp3) is 0.364. The molecule has 2 aromatic rings. The second-order valence-electron chi connectivity index (χ2n) is 7.56. The van der Waals surface area contributed by atoms with E-state index in [1.807, 2.05) is 17.0 Å². The van der Waals surface area contributed by atoms with Gasteiger partial charge in [-0.3, -0.25) is 14.8 Å². The van der Waals surface area contributed by atoms with Crippen molar-refractivity contribution in [3.63, 3.8) is 0 Å². The molecule has 1 aromatic heterocycles. The zero-order chi connectivity index (χ0) is 22.1. The second kappa shape index (κ2) is 8.56. The van der Waals surface area contributed by atoms with Gasteiger partial charge in [-0.15, -0.1) is 0 Å². The highest BCUT2D eigenvalue weighted by Gasteiger charge is 2.35. The second-order valence-corrected chi connectivity index (χ2v) is 7.56. The molecule has 1 amide bonds. The van der Waals surface area contributed by atoms with Crippen LogP contribution in [0, 0.1) is 0 Å². The van der Waals surface area contributed by atoms with Crippen molar-refractivity contribution in [2.45, 2.75) is 6.10 Å². The third-order valence-corrected chi connectivity index (χ3v) is 5.57. The number of rotatable bonds is 6. The number of hydrogen-bond donors (Lipinski definition) is 2. The van der Waals surface area contributed by atoms with Crippen molar-refractivity contribution in [2.24, 2.45) is 15.7 Å². The van der Waals surface area contributed by atoms with Gasteiger partial charge in [0.15, 0.2) is 17.3 Å². The first-order valence-corrected chi connectivity index (χ1v) is 10.5. The lowest BCUT2D eigenvalue weighted by Crippen LogP contribution is -2.41. The quantitative estimate of drug-likeness (QED) is 0.683. The van der Waals surface area contributed by atoms with Gasteiger partial charge in [0.25, 0.3) is 5.91 Å². The standard InChI is InChI=1S/C22H24N6O4/c1-30-19-16(32-12-13-11-24-8-10-31-13)5-4-15-17(19)27-22(28-9-7-26-21(15)28)18-14(20(23)29)3-2-6-25-18/h2-6,13,24H,7-12H2,1H3,(H2,23,29). The van der Waals surface area contributed by atoms with E-state index in [1.54, 1.807) is 25.4 Å². The molecule has 1 fully saturated rings. The molecule has 0 saturated carbocycles. The van der Waals surface area contributed by atoms with Crippen LogP contribution in [-0.4, -0.2) is 80.1 Å². The molecule has 5 rings (SSSR count). The van der Waals surface area contributed by atoms with E-state index in [0.717, 1.165) is 24.5 Å². The van der Waals surface area contributed by atoms with Gasteiger partial charge in [0.2, 0.25) is 0 Å². The monoisotopic (exact) mass is 436 g/mol. The third-order valence-electron chi connectivity index (χ3n) is 5.57. The van der Waals surface area contributed by atoms with E-state index < -0.39 is 5.91 Å². The Morgan fingerprint density at radius 2 is 2.25 bits per heavy atom. The molecule has 0 spiro atoms. The van der Waals surface area contributed by atoms with Crippen LogP contribution in [0.4, 0.5) is 5.69 Å². The number of nitrogens with two attached hydrogens (primary N) is 1. The average molecular weight is 436 g/mol. The molecule has 0 aliphatic carbocycles. The van der Waals surface area contributed by atoms with Crippen molar-refractivity contribution in [2.75, 3.05) is 46.5 Å². The van der Waals surface area contributed by atoms with Gasteiger partial charge in [-0.2, -0.15) is 0 Å². The van der Waals surface area contributed by atoms with Crippen molar-refractivity contribution in [1.82, 2.24) is 15.2 Å². The molecule has 1 atom stereocenters. The van der Waals surface area contributed by atoms with Gasteiger partial charge >= 0.3 is 0 Å². The summed E-state index contributed by atoms with van der Waals surface area (Å²) in [6.45, 7) is 3.86. The maximum Gasteiger partial charge on any atom is 0.251 e. The molecule has 166 valence electrons. The molecule has 32 heavy (non-hydrogen) atoms. The largest absolute Gasteiger partial charge is 0.491 e. The van der Waals surface area contributed by atoms with E-state index >= 15 is 0 Å². The highest BCUT2D eigenvalue weighted by molar-refractivity contribution is 6.22. The van der Waals surface area contributed by atoms with Crippen LogP contribution in [0.5, 0.6) is 11.5 Å². The number of aromatic nitrogens is 1. The molecular weight excluding hydrogens is 412 g/mol. The normalized spacial score (nSPS) is 19.5. The highest BCUT2D eigenvalue weighted by atomic mass is 16.5. The molecule has 10 nitrogen and oxygen atoms in total. The van der Waals surface area contributed by atoms with E-state index in [0.29, 0.717) is 60.6 Å². The first-order valence-electron chi connectivity index (χ1n) is 10.5. The summed E-state index contributed by atoms with van der Waals surface area (Å²) in [5.74, 6) is 1.76. The first kappa shape index (κ1) is 20.4. The molecule has 0 radical (unpaired) electrons. The number of ether oxygens (including phenoxy) is 3. The fourth-order valence-electron chi connectivity index (χ4n) is 4.08. The minimum atomic E-state index is -0.565. The Morgan fingerprint density at radius 3 is 3.03 bits per heavy atom. The number of hydrogen-bond acceptors (Lipinski definition) is 9. The number of amidine groups is 2. The number of nitrogens with one attached hydrogen (secondary N) is 1. The van der Waals surface area contributed by atoms with Crippen LogP contribution < -0.4 is 20.5 Å². The molecule has 0 bridgehead atoms. The number of methoxy groups -OCH3 is 1. The number of benzene rings is 1. The Morgan fingerprint density at radius 1 is 1.34 bits per heavy atom. The van der Waals surface area contributed by atoms with Crippen LogP contribution in [0.3, 0.4) is 0 Å². The van der Waals surface area contributed by atoms with Gasteiger partial charge in [0, 0.05) is 31.4 Å². The van der Waals surface area contributed by atoms with E-state index in [9.17, 15) is 4.79 Å². The molecule has 1 unspecified atom stereocenters. The van der Waals surface area contributed by atoms with Gasteiger partial charge in [-0.05, 0) is 24.3 Å². The van der Waals surface area contributed by atoms with Gasteiger partial charge < -0.3 is 30.2 Å². The number of primary amides is 1. The van der Waals surface area contributed by atoms with Crippen molar-refractivity contribution in [3.8, 4) is 11.5 Å². The lowest BCUT2D eigenvalue weighted by molar-refractivity contribution is -0.000249.